The van der Waals surface area contributed by atoms with E-state index in [-0.39, 0.29) is 0 Å². The van der Waals surface area contributed by atoms with Crippen LogP contribution in [0, 0.1) is 5.92 Å². The monoisotopic (exact) mass is 277 g/mol. The molecule has 0 radical (unpaired) electrons. The van der Waals surface area contributed by atoms with Gasteiger partial charge >= 0.3 is 0 Å². The number of piperidine rings is 1. The van der Waals surface area contributed by atoms with Crippen LogP contribution in [0.1, 0.15) is 38.2 Å². The largest absolute Gasteiger partial charge is 0.493 e. The maximum Gasteiger partial charge on any atom is 0.161 e. The summed E-state index contributed by atoms with van der Waals surface area (Å²) in [6, 6.07) is 6.29. The van der Waals surface area contributed by atoms with E-state index in [4.69, 9.17) is 9.47 Å². The third-order valence-corrected chi connectivity index (χ3v) is 3.95. The first kappa shape index (κ1) is 15.2. The normalized spacial score (nSPS) is 18.8. The first-order chi connectivity index (χ1) is 9.83. The second-order valence-electron chi connectivity index (χ2n) is 5.58. The first-order valence-electron chi connectivity index (χ1n) is 7.84. The minimum atomic E-state index is 0.758. The molecule has 112 valence electrons. The lowest BCUT2D eigenvalue weighted by Crippen LogP contribution is -2.30. The van der Waals surface area contributed by atoms with E-state index in [2.05, 4.69) is 24.4 Å². The molecule has 0 aliphatic carbocycles. The average Bonchev–Trinajstić information content (AvgIpc) is 2.50. The van der Waals surface area contributed by atoms with Crippen molar-refractivity contribution in [3.8, 4) is 11.5 Å². The maximum atomic E-state index is 5.91. The van der Waals surface area contributed by atoms with Crippen LogP contribution in [0.15, 0.2) is 18.2 Å². The first-order valence-corrected chi connectivity index (χ1v) is 7.84. The Morgan fingerprint density at radius 3 is 2.90 bits per heavy atom. The number of hydrogen-bond acceptors (Lipinski definition) is 3. The highest BCUT2D eigenvalue weighted by Crippen LogP contribution is 2.29. The van der Waals surface area contributed by atoms with Gasteiger partial charge in [-0.25, -0.2) is 0 Å². The van der Waals surface area contributed by atoms with Crippen LogP contribution in [0.2, 0.25) is 0 Å². The van der Waals surface area contributed by atoms with E-state index in [0.29, 0.717) is 0 Å². The smallest absolute Gasteiger partial charge is 0.161 e. The second-order valence-corrected chi connectivity index (χ2v) is 5.58. The zero-order valence-corrected chi connectivity index (χ0v) is 12.8. The van der Waals surface area contributed by atoms with E-state index in [1.54, 1.807) is 7.11 Å². The van der Waals surface area contributed by atoms with Gasteiger partial charge in [-0.15, -0.1) is 0 Å². The van der Waals surface area contributed by atoms with Gasteiger partial charge in [0.05, 0.1) is 13.7 Å². The van der Waals surface area contributed by atoms with Crippen LogP contribution in [0.5, 0.6) is 11.5 Å². The van der Waals surface area contributed by atoms with E-state index < -0.39 is 0 Å². The number of nitrogens with one attached hydrogen (secondary N) is 1. The molecule has 0 amide bonds. The molecule has 3 heteroatoms. The molecule has 1 N–H and O–H groups in total. The van der Waals surface area contributed by atoms with Gasteiger partial charge in [-0.2, -0.15) is 0 Å². The number of benzene rings is 1. The molecule has 0 aromatic heterocycles. The Morgan fingerprint density at radius 2 is 2.20 bits per heavy atom. The van der Waals surface area contributed by atoms with Gasteiger partial charge < -0.3 is 14.8 Å². The predicted octanol–water partition coefficient (Wildman–Crippen LogP) is 3.42. The molecule has 0 saturated carbocycles. The van der Waals surface area contributed by atoms with Crippen molar-refractivity contribution in [3.05, 3.63) is 23.8 Å². The van der Waals surface area contributed by atoms with E-state index >= 15 is 0 Å². The quantitative estimate of drug-likeness (QED) is 0.828. The van der Waals surface area contributed by atoms with Gasteiger partial charge in [-0.05, 0) is 62.4 Å². The zero-order valence-electron chi connectivity index (χ0n) is 12.8. The lowest BCUT2D eigenvalue weighted by molar-refractivity contribution is 0.245. The number of ether oxygens (including phenoxy) is 2. The molecule has 2 rings (SSSR count). The highest BCUT2D eigenvalue weighted by atomic mass is 16.5. The van der Waals surface area contributed by atoms with Crippen LogP contribution in [0.25, 0.3) is 0 Å². The van der Waals surface area contributed by atoms with Crippen molar-refractivity contribution in [2.75, 3.05) is 26.8 Å². The van der Waals surface area contributed by atoms with Crippen LogP contribution >= 0.6 is 0 Å². The highest BCUT2D eigenvalue weighted by Gasteiger charge is 2.13. The van der Waals surface area contributed by atoms with Crippen molar-refractivity contribution >= 4 is 0 Å². The van der Waals surface area contributed by atoms with Gasteiger partial charge in [0.2, 0.25) is 0 Å². The van der Waals surface area contributed by atoms with Crippen molar-refractivity contribution in [2.45, 2.75) is 39.0 Å². The molecular formula is C17H27NO2. The number of hydrogen-bond donors (Lipinski definition) is 1. The van der Waals surface area contributed by atoms with Gasteiger partial charge in [0, 0.05) is 0 Å². The SMILES string of the molecule is CCCc1ccc(OCCC2CCCNC2)c(OC)c1. The Kier molecular flexibility index (Phi) is 6.19. The molecule has 1 heterocycles. The number of rotatable bonds is 7. The zero-order chi connectivity index (χ0) is 14.2. The fourth-order valence-electron chi connectivity index (χ4n) is 2.78. The van der Waals surface area contributed by atoms with E-state index in [9.17, 15) is 0 Å². The van der Waals surface area contributed by atoms with E-state index in [0.717, 1.165) is 49.8 Å². The van der Waals surface area contributed by atoms with Crippen LogP contribution in [0.4, 0.5) is 0 Å². The summed E-state index contributed by atoms with van der Waals surface area (Å²) in [6.45, 7) is 5.27. The van der Waals surface area contributed by atoms with Crippen molar-refractivity contribution < 1.29 is 9.47 Å². The standard InChI is InChI=1S/C17H27NO2/c1-3-5-14-7-8-16(17(12-14)19-2)20-11-9-15-6-4-10-18-13-15/h7-8,12,15,18H,3-6,9-11,13H2,1-2H3. The minimum Gasteiger partial charge on any atom is -0.493 e. The van der Waals surface area contributed by atoms with Crippen molar-refractivity contribution in [1.82, 2.24) is 5.32 Å². The van der Waals surface area contributed by atoms with Crippen LogP contribution in [-0.2, 0) is 6.42 Å². The molecular weight excluding hydrogens is 250 g/mol. The van der Waals surface area contributed by atoms with E-state index in [1.807, 2.05) is 6.07 Å². The average molecular weight is 277 g/mol. The molecule has 1 fully saturated rings. The lowest BCUT2D eigenvalue weighted by Gasteiger charge is -2.22. The predicted molar refractivity (Wildman–Crippen MR) is 82.7 cm³/mol. The summed E-state index contributed by atoms with van der Waals surface area (Å²) < 4.78 is 11.3. The third kappa shape index (κ3) is 4.41. The topological polar surface area (TPSA) is 30.5 Å². The maximum absolute atomic E-state index is 5.91. The molecule has 1 saturated heterocycles. The van der Waals surface area contributed by atoms with Gasteiger partial charge in [-0.3, -0.25) is 0 Å². The molecule has 1 aliphatic rings. The Morgan fingerprint density at radius 1 is 1.30 bits per heavy atom. The van der Waals surface area contributed by atoms with Crippen LogP contribution in [-0.4, -0.2) is 26.8 Å². The third-order valence-electron chi connectivity index (χ3n) is 3.95. The number of aryl methyl sites for hydroxylation is 1. The molecule has 1 aromatic rings. The summed E-state index contributed by atoms with van der Waals surface area (Å²) in [5, 5.41) is 3.45. The Bertz CT molecular complexity index is 400. The highest BCUT2D eigenvalue weighted by molar-refractivity contribution is 5.43. The van der Waals surface area contributed by atoms with Crippen molar-refractivity contribution in [2.24, 2.45) is 5.92 Å². The molecule has 3 nitrogen and oxygen atoms in total. The summed E-state index contributed by atoms with van der Waals surface area (Å²) in [6.07, 6.45) is 5.97. The molecule has 1 aliphatic heterocycles. The van der Waals surface area contributed by atoms with Gasteiger partial charge in [0.15, 0.2) is 11.5 Å². The fourth-order valence-corrected chi connectivity index (χ4v) is 2.78. The molecule has 1 unspecified atom stereocenters. The molecule has 0 spiro atoms. The summed E-state index contributed by atoms with van der Waals surface area (Å²) in [4.78, 5) is 0. The van der Waals surface area contributed by atoms with Crippen LogP contribution < -0.4 is 14.8 Å². The van der Waals surface area contributed by atoms with Crippen LogP contribution in [0.3, 0.4) is 0 Å². The Hall–Kier alpha value is -1.22. The number of methoxy groups -OCH3 is 1. The van der Waals surface area contributed by atoms with Crippen molar-refractivity contribution in [3.63, 3.8) is 0 Å². The summed E-state index contributed by atoms with van der Waals surface area (Å²) >= 11 is 0. The molecule has 1 aromatic carbocycles. The summed E-state index contributed by atoms with van der Waals surface area (Å²) in [7, 11) is 1.71. The fraction of sp³-hybridized carbons (Fsp3) is 0.647. The minimum absolute atomic E-state index is 0.758. The van der Waals surface area contributed by atoms with E-state index in [1.165, 1.54) is 24.9 Å². The van der Waals surface area contributed by atoms with Gasteiger partial charge in [0.25, 0.3) is 0 Å². The Labute approximate surface area is 122 Å². The molecule has 20 heavy (non-hydrogen) atoms. The molecule has 0 bridgehead atoms. The van der Waals surface area contributed by atoms with Crippen molar-refractivity contribution in [1.29, 1.82) is 0 Å². The van der Waals surface area contributed by atoms with Gasteiger partial charge in [0.1, 0.15) is 0 Å². The summed E-state index contributed by atoms with van der Waals surface area (Å²) in [5.41, 5.74) is 1.31. The second kappa shape index (κ2) is 8.15. The lowest BCUT2D eigenvalue weighted by atomic mass is 9.97. The molecule has 1 atom stereocenters. The van der Waals surface area contributed by atoms with Gasteiger partial charge in [-0.1, -0.05) is 19.4 Å². The Balaban J connectivity index is 1.84. The summed E-state index contributed by atoms with van der Waals surface area (Å²) in [5.74, 6) is 2.49.